The molecule has 7 nitrogen and oxygen atoms in total. The van der Waals surface area contributed by atoms with Gasteiger partial charge in [0.05, 0.1) is 5.69 Å². The predicted octanol–water partition coefficient (Wildman–Crippen LogP) is 4.58. The first-order valence-corrected chi connectivity index (χ1v) is 10.4. The molecule has 0 radical (unpaired) electrons. The van der Waals surface area contributed by atoms with E-state index in [1.54, 1.807) is 18.3 Å². The number of hydrogen-bond donors (Lipinski definition) is 1. The second-order valence-corrected chi connectivity index (χ2v) is 7.98. The van der Waals surface area contributed by atoms with Crippen molar-refractivity contribution in [2.45, 2.75) is 20.4 Å². The Kier molecular flexibility index (Phi) is 5.81. The van der Waals surface area contributed by atoms with Gasteiger partial charge >= 0.3 is 0 Å². The number of carbonyl (C=O) groups excluding carboxylic acids is 1. The van der Waals surface area contributed by atoms with Crippen molar-refractivity contribution in [2.75, 3.05) is 5.32 Å². The maximum Gasteiger partial charge on any atom is 0.263 e. The third kappa shape index (κ3) is 4.49. The fourth-order valence-electron chi connectivity index (χ4n) is 3.16. The van der Waals surface area contributed by atoms with E-state index in [0.717, 1.165) is 21.2 Å². The molecule has 0 saturated heterocycles. The fraction of sp³-hybridized carbons (Fsp3) is 0.130. The largest absolute Gasteiger partial charge is 0.333 e. The monoisotopic (exact) mass is 478 g/mol. The second kappa shape index (κ2) is 8.69. The summed E-state index contributed by atoms with van der Waals surface area (Å²) < 4.78 is 7.43. The van der Waals surface area contributed by atoms with E-state index in [1.165, 1.54) is 4.57 Å². The number of nitrogens with one attached hydrogen (secondary N) is 1. The van der Waals surface area contributed by atoms with Crippen molar-refractivity contribution in [2.24, 2.45) is 0 Å². The van der Waals surface area contributed by atoms with Gasteiger partial charge in [0.1, 0.15) is 12.1 Å². The van der Waals surface area contributed by atoms with Gasteiger partial charge < -0.3 is 14.4 Å². The van der Waals surface area contributed by atoms with E-state index in [-0.39, 0.29) is 29.5 Å². The average Bonchev–Trinajstić information content (AvgIpc) is 3.22. The van der Waals surface area contributed by atoms with Gasteiger partial charge in [-0.2, -0.15) is 4.98 Å². The molecule has 8 heteroatoms. The predicted molar refractivity (Wildman–Crippen MR) is 122 cm³/mol. The molecule has 1 amide bonds. The molecule has 31 heavy (non-hydrogen) atoms. The summed E-state index contributed by atoms with van der Waals surface area (Å²) in [6.45, 7) is 3.77. The quantitative estimate of drug-likeness (QED) is 0.453. The highest BCUT2D eigenvalue weighted by molar-refractivity contribution is 9.10. The highest BCUT2D eigenvalue weighted by atomic mass is 79.9. The molecule has 0 aliphatic heterocycles. The van der Waals surface area contributed by atoms with Crippen LogP contribution in [0.25, 0.3) is 22.8 Å². The van der Waals surface area contributed by atoms with Gasteiger partial charge in [0, 0.05) is 16.2 Å². The van der Waals surface area contributed by atoms with Gasteiger partial charge in [-0.05, 0) is 65.2 Å². The summed E-state index contributed by atoms with van der Waals surface area (Å²) in [4.78, 5) is 29.8. The van der Waals surface area contributed by atoms with E-state index >= 15 is 0 Å². The van der Waals surface area contributed by atoms with Crippen LogP contribution in [0.5, 0.6) is 0 Å². The lowest BCUT2D eigenvalue weighted by Gasteiger charge is -2.10. The summed E-state index contributed by atoms with van der Waals surface area (Å²) in [5, 5.41) is 6.82. The number of benzene rings is 2. The summed E-state index contributed by atoms with van der Waals surface area (Å²) in [5.74, 6) is 0.194. The molecule has 0 aliphatic rings. The number of halogens is 1. The smallest absolute Gasteiger partial charge is 0.263 e. The van der Waals surface area contributed by atoms with Crippen LogP contribution in [0.15, 0.2) is 74.6 Å². The standard InChI is InChI=1S/C23H19BrN4O3/c1-14-9-10-19(18(24)12-14)25-20(29)13-28-11-5-8-17(23(28)30)22-26-21(27-31-22)16-7-4-3-6-15(16)2/h3-12H,13H2,1-2H3,(H,25,29). The molecule has 0 spiro atoms. The molecule has 0 atom stereocenters. The fourth-order valence-corrected chi connectivity index (χ4v) is 3.75. The zero-order valence-electron chi connectivity index (χ0n) is 16.9. The van der Waals surface area contributed by atoms with Crippen molar-refractivity contribution in [1.82, 2.24) is 14.7 Å². The van der Waals surface area contributed by atoms with Crippen LogP contribution in [0.1, 0.15) is 11.1 Å². The Bertz CT molecular complexity index is 1330. The van der Waals surface area contributed by atoms with Crippen LogP contribution in [-0.4, -0.2) is 20.6 Å². The summed E-state index contributed by atoms with van der Waals surface area (Å²) >= 11 is 3.43. The molecule has 0 aliphatic carbocycles. The molecular formula is C23H19BrN4O3. The number of rotatable bonds is 5. The minimum Gasteiger partial charge on any atom is -0.333 e. The van der Waals surface area contributed by atoms with Crippen LogP contribution in [0.2, 0.25) is 0 Å². The first kappa shape index (κ1) is 20.7. The van der Waals surface area contributed by atoms with Crippen LogP contribution in [0.4, 0.5) is 5.69 Å². The van der Waals surface area contributed by atoms with Crippen LogP contribution in [-0.2, 0) is 11.3 Å². The van der Waals surface area contributed by atoms with Gasteiger partial charge in [0.2, 0.25) is 11.7 Å². The molecule has 0 unspecified atom stereocenters. The van der Waals surface area contributed by atoms with Crippen LogP contribution in [0.3, 0.4) is 0 Å². The first-order chi connectivity index (χ1) is 14.9. The number of pyridine rings is 1. The molecule has 1 N–H and O–H groups in total. The number of carbonyl (C=O) groups is 1. The lowest BCUT2D eigenvalue weighted by atomic mass is 10.1. The number of amides is 1. The SMILES string of the molecule is Cc1ccc(NC(=O)Cn2cccc(-c3nc(-c4ccccc4C)no3)c2=O)c(Br)c1. The van der Waals surface area contributed by atoms with Crippen molar-refractivity contribution in [3.63, 3.8) is 0 Å². The highest BCUT2D eigenvalue weighted by Crippen LogP contribution is 2.24. The van der Waals surface area contributed by atoms with Gasteiger partial charge in [-0.25, -0.2) is 0 Å². The molecular weight excluding hydrogens is 460 g/mol. The maximum atomic E-state index is 12.9. The van der Waals surface area contributed by atoms with E-state index in [9.17, 15) is 9.59 Å². The van der Waals surface area contributed by atoms with Crippen molar-refractivity contribution < 1.29 is 9.32 Å². The van der Waals surface area contributed by atoms with Gasteiger partial charge in [-0.15, -0.1) is 0 Å². The molecule has 2 heterocycles. The van der Waals surface area contributed by atoms with Crippen molar-refractivity contribution in [3.05, 3.63) is 86.7 Å². The van der Waals surface area contributed by atoms with E-state index in [2.05, 4.69) is 31.4 Å². The van der Waals surface area contributed by atoms with Gasteiger partial charge in [0.25, 0.3) is 11.4 Å². The Morgan fingerprint density at radius 2 is 1.87 bits per heavy atom. The van der Waals surface area contributed by atoms with Gasteiger partial charge in [-0.3, -0.25) is 9.59 Å². The number of aryl methyl sites for hydroxylation is 2. The Labute approximate surface area is 186 Å². The van der Waals surface area contributed by atoms with Crippen molar-refractivity contribution in [1.29, 1.82) is 0 Å². The molecule has 2 aromatic heterocycles. The van der Waals surface area contributed by atoms with E-state index in [1.807, 2.05) is 56.3 Å². The Morgan fingerprint density at radius 3 is 2.65 bits per heavy atom. The topological polar surface area (TPSA) is 90.0 Å². The number of nitrogens with zero attached hydrogens (tertiary/aromatic N) is 3. The second-order valence-electron chi connectivity index (χ2n) is 7.12. The number of anilines is 1. The third-order valence-corrected chi connectivity index (χ3v) is 5.43. The van der Waals surface area contributed by atoms with Crippen LogP contribution in [0, 0.1) is 13.8 Å². The van der Waals surface area contributed by atoms with Crippen molar-refractivity contribution in [3.8, 4) is 22.8 Å². The lowest BCUT2D eigenvalue weighted by molar-refractivity contribution is -0.116. The molecule has 4 aromatic rings. The Morgan fingerprint density at radius 1 is 1.10 bits per heavy atom. The summed E-state index contributed by atoms with van der Waals surface area (Å²) in [7, 11) is 0. The summed E-state index contributed by atoms with van der Waals surface area (Å²) in [5.41, 5.74) is 3.38. The number of aromatic nitrogens is 3. The van der Waals surface area contributed by atoms with E-state index in [0.29, 0.717) is 11.5 Å². The molecule has 156 valence electrons. The van der Waals surface area contributed by atoms with Crippen molar-refractivity contribution >= 4 is 27.5 Å². The van der Waals surface area contributed by atoms with Gasteiger partial charge in [-0.1, -0.05) is 35.5 Å². The minimum atomic E-state index is -0.388. The van der Waals surface area contributed by atoms with E-state index in [4.69, 9.17) is 4.52 Å². The maximum absolute atomic E-state index is 12.9. The van der Waals surface area contributed by atoms with Crippen LogP contribution >= 0.6 is 15.9 Å². The highest BCUT2D eigenvalue weighted by Gasteiger charge is 2.17. The zero-order chi connectivity index (χ0) is 22.0. The van der Waals surface area contributed by atoms with E-state index < -0.39 is 0 Å². The normalized spacial score (nSPS) is 10.8. The van der Waals surface area contributed by atoms with Gasteiger partial charge in [0.15, 0.2) is 0 Å². The average molecular weight is 479 g/mol. The molecule has 2 aromatic carbocycles. The lowest BCUT2D eigenvalue weighted by Crippen LogP contribution is -2.28. The Hall–Kier alpha value is -3.52. The molecule has 0 bridgehead atoms. The Balaban J connectivity index is 1.57. The summed E-state index contributed by atoms with van der Waals surface area (Å²) in [6.07, 6.45) is 1.55. The number of hydrogen-bond acceptors (Lipinski definition) is 5. The zero-order valence-corrected chi connectivity index (χ0v) is 18.5. The molecule has 0 saturated carbocycles. The molecule has 0 fully saturated rings. The summed E-state index contributed by atoms with van der Waals surface area (Å²) in [6, 6.07) is 16.5. The third-order valence-electron chi connectivity index (χ3n) is 4.78. The minimum absolute atomic E-state index is 0.110. The molecule has 4 rings (SSSR count). The first-order valence-electron chi connectivity index (χ1n) is 9.58. The van der Waals surface area contributed by atoms with Crippen LogP contribution < -0.4 is 10.9 Å².